The molecule has 0 N–H and O–H groups in total. The first-order valence-electron chi connectivity index (χ1n) is 19.9. The molecular formula is C43H46N4O16. The van der Waals surface area contributed by atoms with Crippen LogP contribution in [0, 0.1) is 13.8 Å². The maximum Gasteiger partial charge on any atom is 0.340 e. The molecule has 4 heterocycles. The van der Waals surface area contributed by atoms with Gasteiger partial charge in [0.2, 0.25) is 0 Å². The van der Waals surface area contributed by atoms with Crippen molar-refractivity contribution in [3.8, 4) is 0 Å². The van der Waals surface area contributed by atoms with E-state index >= 15 is 0 Å². The van der Waals surface area contributed by atoms with Gasteiger partial charge in [-0.05, 0) is 45.0 Å². The summed E-state index contributed by atoms with van der Waals surface area (Å²) in [7, 11) is 1.30. The van der Waals surface area contributed by atoms with Crippen molar-refractivity contribution in [2.45, 2.75) is 83.3 Å². The van der Waals surface area contributed by atoms with Crippen LogP contribution in [0.3, 0.4) is 0 Å². The smallest absolute Gasteiger partial charge is 0.340 e. The summed E-state index contributed by atoms with van der Waals surface area (Å²) in [6, 6.07) is 15.6. The Hall–Kier alpha value is -6.45. The van der Waals surface area contributed by atoms with E-state index in [0.29, 0.717) is 9.13 Å². The van der Waals surface area contributed by atoms with Crippen LogP contribution in [0.2, 0.25) is 0 Å². The van der Waals surface area contributed by atoms with Gasteiger partial charge in [-0.2, -0.15) is 9.13 Å². The van der Waals surface area contributed by atoms with Crippen LogP contribution >= 0.6 is 0 Å². The van der Waals surface area contributed by atoms with Gasteiger partial charge >= 0.3 is 23.3 Å². The molecule has 0 spiro atoms. The highest BCUT2D eigenvalue weighted by atomic mass is 16.7. The summed E-state index contributed by atoms with van der Waals surface area (Å²) in [4.78, 5) is 117. The number of Topliss-reactive ketones (excluding diaryl/α,β-unsaturated/α-hetero) is 1. The van der Waals surface area contributed by atoms with Crippen molar-refractivity contribution in [2.75, 3.05) is 33.7 Å². The zero-order valence-corrected chi connectivity index (χ0v) is 34.9. The van der Waals surface area contributed by atoms with Crippen LogP contribution in [-0.4, -0.2) is 106 Å². The van der Waals surface area contributed by atoms with Crippen molar-refractivity contribution in [3.05, 3.63) is 137 Å². The monoisotopic (exact) mass is 874 g/mol. The fourth-order valence-corrected chi connectivity index (χ4v) is 7.07. The number of rotatable bonds is 17. The van der Waals surface area contributed by atoms with Gasteiger partial charge in [-0.25, -0.2) is 14.4 Å². The van der Waals surface area contributed by atoms with E-state index in [0.717, 1.165) is 9.13 Å². The van der Waals surface area contributed by atoms with Crippen LogP contribution in [-0.2, 0) is 47.5 Å². The summed E-state index contributed by atoms with van der Waals surface area (Å²) < 4.78 is 43.3. The Kier molecular flexibility index (Phi) is 15.1. The number of hydrogen-bond donors (Lipinski definition) is 0. The maximum atomic E-state index is 13.8. The summed E-state index contributed by atoms with van der Waals surface area (Å²) in [5, 5.41) is 0. The Morgan fingerprint density at radius 1 is 0.667 bits per heavy atom. The van der Waals surface area contributed by atoms with E-state index in [1.807, 2.05) is 0 Å². The number of methoxy groups -OCH3 is 1. The van der Waals surface area contributed by atoms with Crippen molar-refractivity contribution in [3.63, 3.8) is 0 Å². The number of carbonyl (C=O) groups excluding carboxylic acids is 5. The lowest BCUT2D eigenvalue weighted by molar-refractivity contribution is -0.166. The topological polar surface area (TPSA) is 238 Å². The van der Waals surface area contributed by atoms with Gasteiger partial charge in [-0.1, -0.05) is 36.4 Å². The van der Waals surface area contributed by atoms with E-state index in [-0.39, 0.29) is 66.9 Å². The van der Waals surface area contributed by atoms with E-state index in [1.54, 1.807) is 36.4 Å². The van der Waals surface area contributed by atoms with Gasteiger partial charge in [0.1, 0.15) is 56.6 Å². The number of benzene rings is 2. The molecule has 0 amide bonds. The quantitative estimate of drug-likeness (QED) is 0.0829. The second-order valence-corrected chi connectivity index (χ2v) is 14.9. The largest absolute Gasteiger partial charge is 0.463 e. The van der Waals surface area contributed by atoms with Crippen LogP contribution in [0.15, 0.2) is 92.2 Å². The summed E-state index contributed by atoms with van der Waals surface area (Å²) >= 11 is 0. The molecule has 0 radical (unpaired) electrons. The number of ether oxygens (including phenoxy) is 7. The minimum absolute atomic E-state index is 0.0394. The van der Waals surface area contributed by atoms with E-state index < -0.39 is 96.5 Å². The molecule has 0 unspecified atom stereocenters. The van der Waals surface area contributed by atoms with E-state index in [9.17, 15) is 43.2 Å². The lowest BCUT2D eigenvalue weighted by atomic mass is 10.2. The number of ketones is 1. The molecule has 2 aliphatic rings. The van der Waals surface area contributed by atoms with Gasteiger partial charge < -0.3 is 38.0 Å². The first kappa shape index (κ1) is 46.1. The van der Waals surface area contributed by atoms with Gasteiger partial charge in [-0.3, -0.25) is 33.1 Å². The molecular weight excluding hydrogens is 828 g/mol. The molecule has 6 rings (SSSR count). The third-order valence-electron chi connectivity index (χ3n) is 10.3. The van der Waals surface area contributed by atoms with Crippen molar-refractivity contribution >= 4 is 29.5 Å². The highest BCUT2D eigenvalue weighted by molar-refractivity contribution is 5.96. The normalized spacial score (nSPS) is 20.6. The van der Waals surface area contributed by atoms with Crippen molar-refractivity contribution in [1.29, 1.82) is 0 Å². The average Bonchev–Trinajstić information content (AvgIpc) is 3.87. The maximum absolute atomic E-state index is 13.8. The van der Waals surface area contributed by atoms with E-state index in [1.165, 1.54) is 64.5 Å². The van der Waals surface area contributed by atoms with Gasteiger partial charge in [0, 0.05) is 61.0 Å². The number of hydrogen-bond acceptors (Lipinski definition) is 16. The number of aryl methyl sites for hydroxylation is 2. The molecule has 334 valence electrons. The number of carbonyl (C=O) groups is 5. The molecule has 2 aromatic carbocycles. The van der Waals surface area contributed by atoms with Crippen molar-refractivity contribution in [1.82, 2.24) is 18.3 Å². The fraction of sp³-hybridized carbons (Fsp3) is 0.419. The summed E-state index contributed by atoms with van der Waals surface area (Å²) in [6.07, 6.45) is -3.99. The summed E-state index contributed by atoms with van der Waals surface area (Å²) in [5.41, 5.74) is -3.24. The summed E-state index contributed by atoms with van der Waals surface area (Å²) in [6.45, 7) is 2.74. The number of nitrogens with zero attached hydrogens (tertiary/aromatic N) is 4. The number of aromatic nitrogens is 4. The highest BCUT2D eigenvalue weighted by Crippen LogP contribution is 2.32. The standard InChI is InChI=1S/C43H46N4O16/c1-25-19-44(42(55)46(38(25)51)40(53)28-11-7-5-8-12-28)34-17-30(33(62-34)22-59-36(49)16-15-27(3)48)60-24-58-21-32-31(63-37(50)23-57-4)18-35(61-32)45-20-26(2)39(52)47(43(45)56)41(54)29-13-9-6-10-14-29/h5-14,19-20,30-35H,15-18,21-24H2,1-4H3/t30-,31-,32+,33+,34+,35+/m0/s1. The SMILES string of the molecule is COCC(=O)O[C@H]1C[C@H](n2cc(C)c(=O)n(C(=O)c3ccccc3)c2=O)O[C@@H]1COCO[C@H]1C[C@H](n2cc(C)c(=O)n(C(=O)c3ccccc3)c2=O)O[C@@H]1COC(=O)CCC(C)=O. The molecule has 0 saturated carbocycles. The van der Waals surface area contributed by atoms with Gasteiger partial charge in [0.05, 0.1) is 19.1 Å². The molecule has 6 atom stereocenters. The Balaban J connectivity index is 1.19. The molecule has 0 aliphatic carbocycles. The molecule has 2 aliphatic heterocycles. The lowest BCUT2D eigenvalue weighted by Gasteiger charge is -2.21. The Morgan fingerprint density at radius 3 is 1.65 bits per heavy atom. The fourth-order valence-electron chi connectivity index (χ4n) is 7.07. The molecule has 4 aromatic rings. The highest BCUT2D eigenvalue weighted by Gasteiger charge is 2.42. The zero-order valence-electron chi connectivity index (χ0n) is 34.9. The second-order valence-electron chi connectivity index (χ2n) is 14.9. The molecule has 20 nitrogen and oxygen atoms in total. The van der Waals surface area contributed by atoms with Crippen LogP contribution in [0.4, 0.5) is 0 Å². The van der Waals surface area contributed by atoms with Crippen LogP contribution < -0.4 is 22.5 Å². The third-order valence-corrected chi connectivity index (χ3v) is 10.3. The van der Waals surface area contributed by atoms with Crippen molar-refractivity contribution < 1.29 is 57.1 Å². The van der Waals surface area contributed by atoms with Gasteiger partial charge in [-0.15, -0.1) is 0 Å². The van der Waals surface area contributed by atoms with E-state index in [2.05, 4.69) is 0 Å². The average molecular weight is 875 g/mol. The molecule has 2 aromatic heterocycles. The third kappa shape index (κ3) is 10.8. The summed E-state index contributed by atoms with van der Waals surface area (Å²) in [5.74, 6) is -3.32. The Morgan fingerprint density at radius 2 is 1.16 bits per heavy atom. The zero-order chi connectivity index (χ0) is 45.4. The predicted molar refractivity (Wildman–Crippen MR) is 217 cm³/mol. The van der Waals surface area contributed by atoms with Crippen LogP contribution in [0.1, 0.15) is 76.9 Å². The Labute approximate surface area is 358 Å². The minimum atomic E-state index is -1.12. The number of esters is 2. The first-order chi connectivity index (χ1) is 30.2. The molecule has 63 heavy (non-hydrogen) atoms. The lowest BCUT2D eigenvalue weighted by Crippen LogP contribution is -2.45. The predicted octanol–water partition coefficient (Wildman–Crippen LogP) is 1.43. The van der Waals surface area contributed by atoms with Crippen LogP contribution in [0.25, 0.3) is 0 Å². The van der Waals surface area contributed by atoms with Crippen molar-refractivity contribution in [2.24, 2.45) is 0 Å². The first-order valence-corrected chi connectivity index (χ1v) is 19.9. The second kappa shape index (κ2) is 20.6. The van der Waals surface area contributed by atoms with Gasteiger partial charge in [0.15, 0.2) is 0 Å². The molecule has 0 bridgehead atoms. The molecule has 20 heteroatoms. The van der Waals surface area contributed by atoms with Gasteiger partial charge in [0.25, 0.3) is 22.9 Å². The molecule has 2 fully saturated rings. The Bertz CT molecular complexity index is 2580. The molecule has 2 saturated heterocycles. The minimum Gasteiger partial charge on any atom is -0.463 e. The van der Waals surface area contributed by atoms with E-state index in [4.69, 9.17) is 33.2 Å². The van der Waals surface area contributed by atoms with Crippen LogP contribution in [0.5, 0.6) is 0 Å².